The van der Waals surface area contributed by atoms with Gasteiger partial charge in [-0.25, -0.2) is 0 Å². The highest BCUT2D eigenvalue weighted by Crippen LogP contribution is 2.30. The zero-order chi connectivity index (χ0) is 12.4. The van der Waals surface area contributed by atoms with E-state index in [4.69, 9.17) is 0 Å². The Hall–Kier alpha value is -0.120. The average molecular weight is 251 g/mol. The van der Waals surface area contributed by atoms with Crippen molar-refractivity contribution in [1.29, 1.82) is 0 Å². The van der Waals surface area contributed by atoms with Crippen LogP contribution in [0.5, 0.6) is 0 Å². The lowest BCUT2D eigenvalue weighted by Gasteiger charge is -2.46. The predicted octanol–water partition coefficient (Wildman–Crippen LogP) is 1.69. The second kappa shape index (κ2) is 5.89. The average Bonchev–Trinajstić information content (AvgIpc) is 3.10. The minimum atomic E-state index is 0.704. The van der Waals surface area contributed by atoms with E-state index in [1.807, 2.05) is 0 Å². The molecule has 1 saturated carbocycles. The van der Waals surface area contributed by atoms with Crippen LogP contribution in [0.4, 0.5) is 0 Å². The maximum Gasteiger partial charge on any atom is 0.0377 e. The summed E-state index contributed by atoms with van der Waals surface area (Å²) < 4.78 is 0. The Morgan fingerprint density at radius 3 is 1.56 bits per heavy atom. The van der Waals surface area contributed by atoms with Gasteiger partial charge >= 0.3 is 0 Å². The topological polar surface area (TPSA) is 18.5 Å². The van der Waals surface area contributed by atoms with Crippen LogP contribution in [0.3, 0.4) is 0 Å². The molecule has 3 rings (SSSR count). The molecule has 2 saturated heterocycles. The van der Waals surface area contributed by atoms with E-state index in [1.54, 1.807) is 0 Å². The Kier molecular flexibility index (Phi) is 4.22. The molecule has 0 aromatic heterocycles. The standard InChI is InChI=1S/C15H29N3/c1-16-15-13(17-9-2-3-10-17)7-6-8-14(15)18-11-4-5-12-18/h13-16H,2-12H2,1H3/t13-,14-/m1/s1. The first-order valence-electron chi connectivity index (χ1n) is 8.05. The van der Waals surface area contributed by atoms with Crippen LogP contribution in [0.25, 0.3) is 0 Å². The van der Waals surface area contributed by atoms with E-state index >= 15 is 0 Å². The number of hydrogen-bond donors (Lipinski definition) is 1. The first kappa shape index (κ1) is 12.9. The summed E-state index contributed by atoms with van der Waals surface area (Å²) in [5.41, 5.74) is 0. The first-order chi connectivity index (χ1) is 8.90. The van der Waals surface area contributed by atoms with Crippen LogP contribution in [0.2, 0.25) is 0 Å². The second-order valence-electron chi connectivity index (χ2n) is 6.37. The molecule has 2 aliphatic heterocycles. The number of nitrogens with one attached hydrogen (secondary N) is 1. The monoisotopic (exact) mass is 251 g/mol. The van der Waals surface area contributed by atoms with Gasteiger partial charge in [0.05, 0.1) is 0 Å². The Labute approximate surface area is 112 Å². The van der Waals surface area contributed by atoms with E-state index in [0.29, 0.717) is 6.04 Å². The maximum absolute atomic E-state index is 3.67. The third-order valence-electron chi connectivity index (χ3n) is 5.38. The van der Waals surface area contributed by atoms with Crippen molar-refractivity contribution in [3.63, 3.8) is 0 Å². The smallest absolute Gasteiger partial charge is 0.0377 e. The molecule has 2 atom stereocenters. The van der Waals surface area contributed by atoms with Crippen LogP contribution in [-0.2, 0) is 0 Å². The molecule has 0 aromatic carbocycles. The third kappa shape index (κ3) is 2.45. The molecule has 0 amide bonds. The summed E-state index contributed by atoms with van der Waals surface area (Å²) >= 11 is 0. The van der Waals surface area contributed by atoms with Crippen molar-refractivity contribution >= 4 is 0 Å². The molecule has 1 aliphatic carbocycles. The van der Waals surface area contributed by atoms with Gasteiger partial charge in [0.25, 0.3) is 0 Å². The fraction of sp³-hybridized carbons (Fsp3) is 1.00. The van der Waals surface area contributed by atoms with Crippen LogP contribution in [-0.4, -0.2) is 61.2 Å². The van der Waals surface area contributed by atoms with Gasteiger partial charge in [0.15, 0.2) is 0 Å². The second-order valence-corrected chi connectivity index (χ2v) is 6.37. The molecular formula is C15H29N3. The first-order valence-corrected chi connectivity index (χ1v) is 8.05. The van der Waals surface area contributed by atoms with Gasteiger partial charge in [-0.05, 0) is 71.8 Å². The zero-order valence-corrected chi connectivity index (χ0v) is 11.9. The van der Waals surface area contributed by atoms with E-state index in [9.17, 15) is 0 Å². The largest absolute Gasteiger partial charge is 0.314 e. The minimum Gasteiger partial charge on any atom is -0.314 e. The molecule has 3 nitrogen and oxygen atoms in total. The van der Waals surface area contributed by atoms with Gasteiger partial charge in [-0.15, -0.1) is 0 Å². The molecular weight excluding hydrogens is 222 g/mol. The lowest BCUT2D eigenvalue weighted by atomic mass is 9.84. The highest BCUT2D eigenvalue weighted by Gasteiger charge is 2.39. The number of likely N-dealkylation sites (N-methyl/N-ethyl adjacent to an activating group) is 1. The number of nitrogens with zero attached hydrogens (tertiary/aromatic N) is 2. The van der Waals surface area contributed by atoms with E-state index < -0.39 is 0 Å². The Balaban J connectivity index is 1.69. The lowest BCUT2D eigenvalue weighted by molar-refractivity contribution is 0.0735. The van der Waals surface area contributed by atoms with Crippen molar-refractivity contribution in [2.45, 2.75) is 63.1 Å². The summed E-state index contributed by atoms with van der Waals surface area (Å²) in [6.45, 7) is 5.37. The molecule has 3 fully saturated rings. The van der Waals surface area contributed by atoms with Crippen LogP contribution in [0, 0.1) is 0 Å². The fourth-order valence-corrected chi connectivity index (χ4v) is 4.50. The van der Waals surface area contributed by atoms with Crippen LogP contribution >= 0.6 is 0 Å². The number of likely N-dealkylation sites (tertiary alicyclic amines) is 2. The normalized spacial score (nSPS) is 36.5. The highest BCUT2D eigenvalue weighted by molar-refractivity contribution is 4.99. The molecule has 0 radical (unpaired) electrons. The molecule has 0 bridgehead atoms. The summed E-state index contributed by atoms with van der Waals surface area (Å²) in [6.07, 6.45) is 9.93. The molecule has 104 valence electrons. The van der Waals surface area contributed by atoms with E-state index in [-0.39, 0.29) is 0 Å². The molecule has 2 heterocycles. The summed E-state index contributed by atoms with van der Waals surface area (Å²) in [6, 6.07) is 2.31. The molecule has 18 heavy (non-hydrogen) atoms. The Morgan fingerprint density at radius 2 is 1.17 bits per heavy atom. The zero-order valence-electron chi connectivity index (χ0n) is 11.9. The van der Waals surface area contributed by atoms with Gasteiger partial charge in [-0.1, -0.05) is 6.42 Å². The van der Waals surface area contributed by atoms with Crippen LogP contribution in [0.1, 0.15) is 44.9 Å². The Morgan fingerprint density at radius 1 is 0.722 bits per heavy atom. The van der Waals surface area contributed by atoms with Gasteiger partial charge < -0.3 is 5.32 Å². The fourth-order valence-electron chi connectivity index (χ4n) is 4.50. The number of hydrogen-bond acceptors (Lipinski definition) is 3. The van der Waals surface area contributed by atoms with Crippen molar-refractivity contribution < 1.29 is 0 Å². The van der Waals surface area contributed by atoms with Crippen molar-refractivity contribution in [3.05, 3.63) is 0 Å². The summed E-state index contributed by atoms with van der Waals surface area (Å²) in [7, 11) is 2.18. The van der Waals surface area contributed by atoms with Crippen molar-refractivity contribution in [2.75, 3.05) is 33.2 Å². The van der Waals surface area contributed by atoms with Gasteiger partial charge in [0.1, 0.15) is 0 Å². The van der Waals surface area contributed by atoms with Gasteiger partial charge in [-0.3, -0.25) is 9.80 Å². The van der Waals surface area contributed by atoms with E-state index in [1.165, 1.54) is 71.1 Å². The maximum atomic E-state index is 3.67. The van der Waals surface area contributed by atoms with E-state index in [2.05, 4.69) is 22.2 Å². The minimum absolute atomic E-state index is 0.704. The molecule has 0 aromatic rings. The van der Waals surface area contributed by atoms with E-state index in [0.717, 1.165) is 12.1 Å². The van der Waals surface area contributed by atoms with Crippen molar-refractivity contribution in [2.24, 2.45) is 0 Å². The molecule has 1 N–H and O–H groups in total. The van der Waals surface area contributed by atoms with Crippen LogP contribution in [0.15, 0.2) is 0 Å². The van der Waals surface area contributed by atoms with Crippen molar-refractivity contribution in [3.8, 4) is 0 Å². The quantitative estimate of drug-likeness (QED) is 0.823. The lowest BCUT2D eigenvalue weighted by Crippen LogP contribution is -2.60. The predicted molar refractivity (Wildman–Crippen MR) is 75.9 cm³/mol. The SMILES string of the molecule is CNC1[C@H](N2CCCC2)CCC[C@H]1N1CCCC1. The van der Waals surface area contributed by atoms with Crippen molar-refractivity contribution in [1.82, 2.24) is 15.1 Å². The molecule has 0 unspecified atom stereocenters. The van der Waals surface area contributed by atoms with Crippen LogP contribution < -0.4 is 5.32 Å². The number of rotatable bonds is 3. The summed E-state index contributed by atoms with van der Waals surface area (Å²) in [4.78, 5) is 5.53. The molecule has 3 aliphatic rings. The Bertz CT molecular complexity index is 232. The summed E-state index contributed by atoms with van der Waals surface area (Å²) in [5, 5.41) is 3.67. The molecule has 3 heteroatoms. The highest BCUT2D eigenvalue weighted by atomic mass is 15.3. The third-order valence-corrected chi connectivity index (χ3v) is 5.38. The summed E-state index contributed by atoms with van der Waals surface area (Å²) in [5.74, 6) is 0. The van der Waals surface area contributed by atoms with Gasteiger partial charge in [0.2, 0.25) is 0 Å². The van der Waals surface area contributed by atoms with Gasteiger partial charge in [0, 0.05) is 18.1 Å². The van der Waals surface area contributed by atoms with Gasteiger partial charge in [-0.2, -0.15) is 0 Å². The molecule has 0 spiro atoms.